The Morgan fingerprint density at radius 2 is 1.91 bits per heavy atom. The smallest absolute Gasteiger partial charge is 0.241 e. The van der Waals surface area contributed by atoms with Crippen LogP contribution in [-0.4, -0.2) is 48.5 Å². The molecule has 2 aliphatic heterocycles. The summed E-state index contributed by atoms with van der Waals surface area (Å²) in [5.41, 5.74) is 0.140. The minimum absolute atomic E-state index is 0.155. The molecule has 1 N–H and O–H groups in total. The van der Waals surface area contributed by atoms with Crippen LogP contribution >= 0.6 is 0 Å². The van der Waals surface area contributed by atoms with E-state index in [0.29, 0.717) is 25.0 Å². The summed E-state index contributed by atoms with van der Waals surface area (Å²) in [6.07, 6.45) is 3.12. The molecule has 4 aliphatic rings. The van der Waals surface area contributed by atoms with Gasteiger partial charge in [-0.05, 0) is 25.0 Å². The second kappa shape index (κ2) is 4.42. The molecule has 2 aliphatic carbocycles. The van der Waals surface area contributed by atoms with Gasteiger partial charge in [0.1, 0.15) is 5.84 Å². The number of nitrogens with one attached hydrogen (secondary N) is 1. The van der Waals surface area contributed by atoms with E-state index in [4.69, 9.17) is 10.1 Å². The Kier molecular flexibility index (Phi) is 2.63. The predicted molar refractivity (Wildman–Crippen MR) is 86.6 cm³/mol. The van der Waals surface area contributed by atoms with Crippen molar-refractivity contribution in [3.05, 3.63) is 30.3 Å². The summed E-state index contributed by atoms with van der Waals surface area (Å²) >= 11 is 0. The number of nitrogens with zero attached hydrogens (tertiary/aromatic N) is 2. The molecule has 23 heavy (non-hydrogen) atoms. The van der Waals surface area contributed by atoms with Gasteiger partial charge in [0.15, 0.2) is 0 Å². The van der Waals surface area contributed by atoms with E-state index in [2.05, 4.69) is 4.90 Å². The molecule has 4 fully saturated rings. The van der Waals surface area contributed by atoms with E-state index in [1.165, 1.54) is 0 Å². The van der Waals surface area contributed by atoms with Crippen LogP contribution in [0, 0.1) is 16.7 Å². The highest BCUT2D eigenvalue weighted by atomic mass is 16.5. The standard InChI is InChI=1S/C18H21N3O2/c19-15-18(20-9-11-23-12-10-20)14-7-4-8-17(14,18)16(22)21(15)13-5-2-1-3-6-13/h1-3,5-6,14,19H,4,7-12H2/t14-,17+,18-/m0/s1. The summed E-state index contributed by atoms with van der Waals surface area (Å²) in [5.74, 6) is 0.996. The van der Waals surface area contributed by atoms with Gasteiger partial charge in [0, 0.05) is 19.0 Å². The molecule has 5 nitrogen and oxygen atoms in total. The monoisotopic (exact) mass is 311 g/mol. The highest BCUT2D eigenvalue weighted by Gasteiger charge is 2.90. The van der Waals surface area contributed by atoms with Gasteiger partial charge in [-0.15, -0.1) is 0 Å². The lowest BCUT2D eigenvalue weighted by Gasteiger charge is -2.37. The molecule has 1 amide bonds. The first-order valence-corrected chi connectivity index (χ1v) is 8.56. The minimum atomic E-state index is -0.359. The summed E-state index contributed by atoms with van der Waals surface area (Å²) in [6.45, 7) is 3.07. The Labute approximate surface area is 135 Å². The number of morpholine rings is 1. The fraction of sp³-hybridized carbons (Fsp3) is 0.556. The zero-order valence-electron chi connectivity index (χ0n) is 13.1. The average molecular weight is 311 g/mol. The van der Waals surface area contributed by atoms with E-state index in [1.54, 1.807) is 4.90 Å². The number of ether oxygens (including phenoxy) is 1. The number of anilines is 1. The number of para-hydroxylation sites is 1. The molecule has 3 atom stereocenters. The van der Waals surface area contributed by atoms with Crippen molar-refractivity contribution in [2.24, 2.45) is 11.3 Å². The molecule has 1 aromatic carbocycles. The van der Waals surface area contributed by atoms with Gasteiger partial charge in [0.25, 0.3) is 0 Å². The maximum atomic E-state index is 13.3. The third kappa shape index (κ3) is 1.37. The van der Waals surface area contributed by atoms with E-state index in [0.717, 1.165) is 38.0 Å². The first-order chi connectivity index (χ1) is 11.2. The first-order valence-electron chi connectivity index (χ1n) is 8.56. The molecule has 0 bridgehead atoms. The van der Waals surface area contributed by atoms with Crippen LogP contribution in [0.4, 0.5) is 5.69 Å². The summed E-state index contributed by atoms with van der Waals surface area (Å²) in [7, 11) is 0. The summed E-state index contributed by atoms with van der Waals surface area (Å²) in [5, 5.41) is 8.92. The molecule has 0 aromatic heterocycles. The Hall–Kier alpha value is -1.72. The number of piperidine rings is 1. The lowest BCUT2D eigenvalue weighted by atomic mass is 9.95. The topological polar surface area (TPSA) is 56.6 Å². The third-order valence-electron chi connectivity index (χ3n) is 6.45. The van der Waals surface area contributed by atoms with Crippen molar-refractivity contribution < 1.29 is 9.53 Å². The van der Waals surface area contributed by atoms with Crippen molar-refractivity contribution in [2.45, 2.75) is 24.8 Å². The molecule has 1 spiro atoms. The molecule has 5 rings (SSSR count). The third-order valence-corrected chi connectivity index (χ3v) is 6.45. The molecule has 2 saturated heterocycles. The number of fused-ring (bicyclic) bond motifs is 1. The number of carbonyl (C=O) groups excluding carboxylic acids is 1. The molecule has 2 saturated carbocycles. The van der Waals surface area contributed by atoms with E-state index < -0.39 is 0 Å². The van der Waals surface area contributed by atoms with E-state index >= 15 is 0 Å². The van der Waals surface area contributed by atoms with Crippen molar-refractivity contribution in [3.63, 3.8) is 0 Å². The average Bonchev–Trinajstić information content (AvgIpc) is 2.86. The van der Waals surface area contributed by atoms with Crippen LogP contribution in [0.25, 0.3) is 0 Å². The first kappa shape index (κ1) is 13.7. The molecule has 0 radical (unpaired) electrons. The highest BCUT2D eigenvalue weighted by molar-refractivity contribution is 6.32. The van der Waals surface area contributed by atoms with Crippen molar-refractivity contribution in [3.8, 4) is 0 Å². The Morgan fingerprint density at radius 3 is 2.65 bits per heavy atom. The quantitative estimate of drug-likeness (QED) is 0.907. The zero-order valence-corrected chi connectivity index (χ0v) is 13.1. The second-order valence-corrected chi connectivity index (χ2v) is 7.11. The van der Waals surface area contributed by atoms with Gasteiger partial charge < -0.3 is 4.74 Å². The number of amides is 1. The number of hydrogen-bond donors (Lipinski definition) is 1. The molecule has 0 unspecified atom stereocenters. The molecule has 120 valence electrons. The van der Waals surface area contributed by atoms with Crippen LogP contribution in [0.5, 0.6) is 0 Å². The maximum absolute atomic E-state index is 13.3. The van der Waals surface area contributed by atoms with E-state index in [-0.39, 0.29) is 16.9 Å². The maximum Gasteiger partial charge on any atom is 0.241 e. The van der Waals surface area contributed by atoms with E-state index in [1.807, 2.05) is 30.3 Å². The second-order valence-electron chi connectivity index (χ2n) is 7.11. The normalized spacial score (nSPS) is 39.5. The summed E-state index contributed by atoms with van der Waals surface area (Å²) in [6, 6.07) is 9.69. The molecular formula is C18H21N3O2. The van der Waals surface area contributed by atoms with Gasteiger partial charge in [-0.1, -0.05) is 24.6 Å². The zero-order chi connectivity index (χ0) is 15.7. The lowest BCUT2D eigenvalue weighted by molar-refractivity contribution is -0.123. The van der Waals surface area contributed by atoms with Crippen LogP contribution < -0.4 is 4.90 Å². The van der Waals surface area contributed by atoms with Crippen molar-refractivity contribution in [2.75, 3.05) is 31.2 Å². The highest BCUT2D eigenvalue weighted by Crippen LogP contribution is 2.77. The number of amidine groups is 1. The van der Waals surface area contributed by atoms with Crippen LogP contribution in [0.2, 0.25) is 0 Å². The van der Waals surface area contributed by atoms with Gasteiger partial charge in [-0.25, -0.2) is 0 Å². The Balaban J connectivity index is 1.61. The van der Waals surface area contributed by atoms with Gasteiger partial charge in [0.2, 0.25) is 5.91 Å². The van der Waals surface area contributed by atoms with Gasteiger partial charge in [0.05, 0.1) is 29.9 Å². The van der Waals surface area contributed by atoms with Gasteiger partial charge in [-0.3, -0.25) is 20.0 Å². The lowest BCUT2D eigenvalue weighted by Crippen LogP contribution is -2.53. The van der Waals surface area contributed by atoms with Crippen molar-refractivity contribution in [1.29, 1.82) is 5.41 Å². The summed E-state index contributed by atoms with van der Waals surface area (Å²) < 4.78 is 5.51. The Bertz CT molecular complexity index is 685. The van der Waals surface area contributed by atoms with Crippen LogP contribution in [0.15, 0.2) is 30.3 Å². The van der Waals surface area contributed by atoms with Crippen LogP contribution in [0.1, 0.15) is 19.3 Å². The molecule has 2 heterocycles. The number of benzene rings is 1. The number of carbonyl (C=O) groups is 1. The van der Waals surface area contributed by atoms with E-state index in [9.17, 15) is 4.79 Å². The number of hydrogen-bond acceptors (Lipinski definition) is 4. The van der Waals surface area contributed by atoms with Crippen molar-refractivity contribution >= 4 is 17.4 Å². The largest absolute Gasteiger partial charge is 0.379 e. The Morgan fingerprint density at radius 1 is 1.17 bits per heavy atom. The minimum Gasteiger partial charge on any atom is -0.379 e. The SMILES string of the molecule is N=C1N(c2ccccc2)C(=O)[C@@]23CCC[C@@H]2[C@]13N1CCOCC1. The molecule has 1 aromatic rings. The van der Waals surface area contributed by atoms with Crippen LogP contribution in [0.3, 0.4) is 0 Å². The van der Waals surface area contributed by atoms with Crippen LogP contribution in [-0.2, 0) is 9.53 Å². The fourth-order valence-corrected chi connectivity index (χ4v) is 5.66. The predicted octanol–water partition coefficient (Wildman–Crippen LogP) is 1.88. The molecule has 5 heteroatoms. The fourth-order valence-electron chi connectivity index (χ4n) is 5.66. The number of rotatable bonds is 2. The molecular weight excluding hydrogens is 290 g/mol. The van der Waals surface area contributed by atoms with Gasteiger partial charge in [-0.2, -0.15) is 0 Å². The van der Waals surface area contributed by atoms with Gasteiger partial charge >= 0.3 is 0 Å². The summed E-state index contributed by atoms with van der Waals surface area (Å²) in [4.78, 5) is 17.4. The van der Waals surface area contributed by atoms with Crippen molar-refractivity contribution in [1.82, 2.24) is 4.90 Å².